The molecule has 1 unspecified atom stereocenters. The third kappa shape index (κ3) is 3.00. The molecule has 6 heteroatoms. The first-order chi connectivity index (χ1) is 9.72. The highest BCUT2D eigenvalue weighted by atomic mass is 35.5. The average molecular weight is 294 g/mol. The summed E-state index contributed by atoms with van der Waals surface area (Å²) in [5.74, 6) is 1.07. The first-order valence-electron chi connectivity index (χ1n) is 6.63. The van der Waals surface area contributed by atoms with Crippen LogP contribution in [0.3, 0.4) is 0 Å². The number of nitrogens with zero attached hydrogens (tertiary/aromatic N) is 3. The highest BCUT2D eigenvalue weighted by Gasteiger charge is 2.19. The summed E-state index contributed by atoms with van der Waals surface area (Å²) in [6.07, 6.45) is 0.245. The van der Waals surface area contributed by atoms with Gasteiger partial charge in [0.05, 0.1) is 29.8 Å². The first kappa shape index (κ1) is 13.5. The van der Waals surface area contributed by atoms with E-state index in [-0.39, 0.29) is 6.10 Å². The molecule has 1 aliphatic rings. The smallest absolute Gasteiger partial charge is 0.249 e. The molecule has 0 amide bonds. The molecule has 1 fully saturated rings. The van der Waals surface area contributed by atoms with Crippen LogP contribution < -0.4 is 0 Å². The maximum atomic E-state index is 6.12. The molecular weight excluding hydrogens is 278 g/mol. The van der Waals surface area contributed by atoms with Crippen LogP contribution in [0.15, 0.2) is 28.7 Å². The van der Waals surface area contributed by atoms with Crippen LogP contribution in [0.5, 0.6) is 0 Å². The van der Waals surface area contributed by atoms with Crippen molar-refractivity contribution in [3.8, 4) is 11.5 Å². The number of benzene rings is 1. The van der Waals surface area contributed by atoms with Crippen molar-refractivity contribution in [1.82, 2.24) is 15.1 Å². The monoisotopic (exact) mass is 293 g/mol. The fourth-order valence-corrected chi connectivity index (χ4v) is 2.50. The standard InChI is InChI=1S/C14H16ClN3O2/c1-10-8-18(6-7-19-10)9-13-16-17-14(20-13)11-4-2-3-5-12(11)15/h2-5,10H,6-9H2,1H3. The second-order valence-electron chi connectivity index (χ2n) is 4.90. The molecule has 1 aromatic carbocycles. The molecule has 2 heterocycles. The van der Waals surface area contributed by atoms with Gasteiger partial charge in [-0.2, -0.15) is 0 Å². The quantitative estimate of drug-likeness (QED) is 0.871. The number of rotatable bonds is 3. The number of morpholine rings is 1. The van der Waals surface area contributed by atoms with Gasteiger partial charge >= 0.3 is 0 Å². The van der Waals surface area contributed by atoms with E-state index in [2.05, 4.69) is 22.0 Å². The second kappa shape index (κ2) is 5.91. The van der Waals surface area contributed by atoms with E-state index in [1.54, 1.807) is 0 Å². The summed E-state index contributed by atoms with van der Waals surface area (Å²) in [6, 6.07) is 7.45. The molecular formula is C14H16ClN3O2. The topological polar surface area (TPSA) is 51.4 Å². The van der Waals surface area contributed by atoms with E-state index in [4.69, 9.17) is 20.8 Å². The Labute approximate surface area is 122 Å². The highest BCUT2D eigenvalue weighted by molar-refractivity contribution is 6.33. The molecule has 0 saturated carbocycles. The SMILES string of the molecule is CC1CN(Cc2nnc(-c3ccccc3Cl)o2)CCO1. The number of ether oxygens (including phenoxy) is 1. The van der Waals surface area contributed by atoms with E-state index in [1.165, 1.54) is 0 Å². The zero-order valence-corrected chi connectivity index (χ0v) is 12.0. The third-order valence-electron chi connectivity index (χ3n) is 3.26. The van der Waals surface area contributed by atoms with E-state index in [1.807, 2.05) is 24.3 Å². The molecule has 20 heavy (non-hydrogen) atoms. The van der Waals surface area contributed by atoms with Gasteiger partial charge in [0, 0.05) is 13.1 Å². The summed E-state index contributed by atoms with van der Waals surface area (Å²) in [5.41, 5.74) is 0.767. The molecule has 1 atom stereocenters. The van der Waals surface area contributed by atoms with Gasteiger partial charge in [0.2, 0.25) is 11.8 Å². The van der Waals surface area contributed by atoms with E-state index in [0.29, 0.717) is 23.3 Å². The van der Waals surface area contributed by atoms with Crippen LogP contribution in [0.4, 0.5) is 0 Å². The van der Waals surface area contributed by atoms with Crippen LogP contribution in [0.1, 0.15) is 12.8 Å². The predicted molar refractivity (Wildman–Crippen MR) is 75.4 cm³/mol. The van der Waals surface area contributed by atoms with Crippen molar-refractivity contribution in [1.29, 1.82) is 0 Å². The zero-order valence-electron chi connectivity index (χ0n) is 11.3. The Balaban J connectivity index is 1.72. The molecule has 5 nitrogen and oxygen atoms in total. The van der Waals surface area contributed by atoms with Gasteiger partial charge in [0.1, 0.15) is 0 Å². The molecule has 0 bridgehead atoms. The summed E-state index contributed by atoms with van der Waals surface area (Å²) in [6.45, 7) is 5.21. The number of halogens is 1. The molecule has 0 spiro atoms. The Morgan fingerprint density at radius 3 is 3.00 bits per heavy atom. The molecule has 0 N–H and O–H groups in total. The summed E-state index contributed by atoms with van der Waals surface area (Å²) < 4.78 is 11.2. The van der Waals surface area contributed by atoms with Gasteiger partial charge in [-0.25, -0.2) is 0 Å². The lowest BCUT2D eigenvalue weighted by Crippen LogP contribution is -2.40. The molecule has 3 rings (SSSR count). The van der Waals surface area contributed by atoms with Gasteiger partial charge in [0.25, 0.3) is 0 Å². The average Bonchev–Trinajstić information content (AvgIpc) is 2.87. The van der Waals surface area contributed by atoms with Crippen molar-refractivity contribution in [2.24, 2.45) is 0 Å². The number of aromatic nitrogens is 2. The van der Waals surface area contributed by atoms with Crippen LogP contribution in [-0.4, -0.2) is 40.9 Å². The number of hydrogen-bond acceptors (Lipinski definition) is 5. The Kier molecular flexibility index (Phi) is 4.00. The third-order valence-corrected chi connectivity index (χ3v) is 3.58. The van der Waals surface area contributed by atoms with Crippen molar-refractivity contribution in [3.05, 3.63) is 35.2 Å². The molecule has 2 aromatic rings. The fourth-order valence-electron chi connectivity index (χ4n) is 2.29. The minimum Gasteiger partial charge on any atom is -0.419 e. The molecule has 0 aliphatic carbocycles. The summed E-state index contributed by atoms with van der Waals surface area (Å²) in [7, 11) is 0. The van der Waals surface area contributed by atoms with Crippen LogP contribution in [0.25, 0.3) is 11.5 Å². The van der Waals surface area contributed by atoms with Gasteiger partial charge in [-0.3, -0.25) is 4.90 Å². The first-order valence-corrected chi connectivity index (χ1v) is 7.01. The van der Waals surface area contributed by atoms with E-state index < -0.39 is 0 Å². The minimum absolute atomic E-state index is 0.245. The molecule has 1 aliphatic heterocycles. The van der Waals surface area contributed by atoms with Gasteiger partial charge in [-0.05, 0) is 19.1 Å². The van der Waals surface area contributed by atoms with Crippen LogP contribution >= 0.6 is 11.6 Å². The molecule has 1 saturated heterocycles. The zero-order chi connectivity index (χ0) is 13.9. The fraction of sp³-hybridized carbons (Fsp3) is 0.429. The predicted octanol–water partition coefficient (Wildman–Crippen LogP) is 2.61. The minimum atomic E-state index is 0.245. The van der Waals surface area contributed by atoms with Crippen molar-refractivity contribution in [3.63, 3.8) is 0 Å². The second-order valence-corrected chi connectivity index (χ2v) is 5.30. The van der Waals surface area contributed by atoms with E-state index in [9.17, 15) is 0 Å². The van der Waals surface area contributed by atoms with Crippen LogP contribution in [-0.2, 0) is 11.3 Å². The highest BCUT2D eigenvalue weighted by Crippen LogP contribution is 2.26. The maximum Gasteiger partial charge on any atom is 0.249 e. The van der Waals surface area contributed by atoms with Crippen LogP contribution in [0.2, 0.25) is 5.02 Å². The Bertz CT molecular complexity index is 587. The molecule has 0 radical (unpaired) electrons. The summed E-state index contributed by atoms with van der Waals surface area (Å²) in [4.78, 5) is 2.25. The van der Waals surface area contributed by atoms with Crippen molar-refractivity contribution in [2.45, 2.75) is 19.6 Å². The Morgan fingerprint density at radius 2 is 2.20 bits per heavy atom. The Morgan fingerprint density at radius 1 is 1.35 bits per heavy atom. The van der Waals surface area contributed by atoms with Crippen molar-refractivity contribution < 1.29 is 9.15 Å². The van der Waals surface area contributed by atoms with Gasteiger partial charge in [-0.15, -0.1) is 10.2 Å². The van der Waals surface area contributed by atoms with Crippen LogP contribution in [0, 0.1) is 0 Å². The largest absolute Gasteiger partial charge is 0.419 e. The number of hydrogen-bond donors (Lipinski definition) is 0. The molecule has 106 valence electrons. The van der Waals surface area contributed by atoms with Crippen molar-refractivity contribution >= 4 is 11.6 Å². The van der Waals surface area contributed by atoms with E-state index in [0.717, 1.165) is 25.3 Å². The summed E-state index contributed by atoms with van der Waals surface area (Å²) in [5, 5.41) is 8.78. The lowest BCUT2D eigenvalue weighted by molar-refractivity contribution is -0.0235. The normalized spacial score (nSPS) is 20.2. The lowest BCUT2D eigenvalue weighted by atomic mass is 10.2. The summed E-state index contributed by atoms with van der Waals surface area (Å²) >= 11 is 6.12. The van der Waals surface area contributed by atoms with E-state index >= 15 is 0 Å². The molecule has 1 aromatic heterocycles. The van der Waals surface area contributed by atoms with Gasteiger partial charge in [0.15, 0.2) is 0 Å². The Hall–Kier alpha value is -1.43. The van der Waals surface area contributed by atoms with Gasteiger partial charge in [-0.1, -0.05) is 23.7 Å². The van der Waals surface area contributed by atoms with Gasteiger partial charge < -0.3 is 9.15 Å². The maximum absolute atomic E-state index is 6.12. The lowest BCUT2D eigenvalue weighted by Gasteiger charge is -2.29. The van der Waals surface area contributed by atoms with Crippen molar-refractivity contribution in [2.75, 3.05) is 19.7 Å².